The van der Waals surface area contributed by atoms with Gasteiger partial charge in [0.2, 0.25) is 0 Å². The first-order valence-corrected chi connectivity index (χ1v) is 7.30. The van der Waals surface area contributed by atoms with E-state index in [4.69, 9.17) is 9.47 Å². The number of halogens is 1. The van der Waals surface area contributed by atoms with Gasteiger partial charge in [-0.3, -0.25) is 14.3 Å². The van der Waals surface area contributed by atoms with E-state index < -0.39 is 42.0 Å². The molecule has 1 aromatic heterocycles. The normalized spacial score (nSPS) is 31.5. The summed E-state index contributed by atoms with van der Waals surface area (Å²) in [6.45, 7) is 3.16. The van der Waals surface area contributed by atoms with Gasteiger partial charge in [-0.05, 0) is 13.3 Å². The zero-order valence-electron chi connectivity index (χ0n) is 12.6. The zero-order chi connectivity index (χ0) is 16.3. The Balaban J connectivity index is 2.29. The number of H-pyrrole nitrogens is 1. The number of alkyl halides is 1. The summed E-state index contributed by atoms with van der Waals surface area (Å²) >= 11 is 0. The van der Waals surface area contributed by atoms with E-state index >= 15 is 4.39 Å². The van der Waals surface area contributed by atoms with Crippen molar-refractivity contribution in [3.05, 3.63) is 33.1 Å². The van der Waals surface area contributed by atoms with E-state index in [1.807, 2.05) is 6.92 Å². The Morgan fingerprint density at radius 1 is 1.55 bits per heavy atom. The van der Waals surface area contributed by atoms with Crippen molar-refractivity contribution < 1.29 is 19.0 Å². The molecule has 4 atom stereocenters. The summed E-state index contributed by atoms with van der Waals surface area (Å²) in [7, 11) is 0. The first-order valence-electron chi connectivity index (χ1n) is 7.30. The minimum absolute atomic E-state index is 0.341. The molecule has 1 saturated heterocycles. The van der Waals surface area contributed by atoms with E-state index in [2.05, 4.69) is 4.98 Å². The number of unbranched alkanes of at least 4 members (excludes halogenated alkanes) is 1. The number of nitrogens with one attached hydrogen (secondary N) is 1. The number of hydrogen-bond acceptors (Lipinski definition) is 5. The fourth-order valence-corrected chi connectivity index (χ4v) is 2.59. The first-order chi connectivity index (χ1) is 10.4. The lowest BCUT2D eigenvalue weighted by Gasteiger charge is -2.27. The Hall–Kier alpha value is -1.51. The predicted molar refractivity (Wildman–Crippen MR) is 76.5 cm³/mol. The Labute approximate surface area is 126 Å². The van der Waals surface area contributed by atoms with Crippen LogP contribution in [0.3, 0.4) is 0 Å². The molecule has 7 nitrogen and oxygen atoms in total. The molecule has 8 heteroatoms. The molecular weight excluding hydrogens is 295 g/mol. The van der Waals surface area contributed by atoms with Crippen molar-refractivity contribution in [2.24, 2.45) is 0 Å². The molecule has 0 aromatic carbocycles. The van der Waals surface area contributed by atoms with Crippen molar-refractivity contribution in [3.63, 3.8) is 0 Å². The van der Waals surface area contributed by atoms with Gasteiger partial charge in [0.1, 0.15) is 12.2 Å². The minimum Gasteiger partial charge on any atom is -0.394 e. The summed E-state index contributed by atoms with van der Waals surface area (Å²) in [5, 5.41) is 9.39. The molecule has 2 heterocycles. The molecule has 1 aliphatic heterocycles. The SMILES string of the molecule is CCCCO[C@@H]1[C@@H](CO)O[C@@H](n2ccc(=O)[nH]c2=O)[C@]1(C)F. The number of ether oxygens (including phenoxy) is 2. The summed E-state index contributed by atoms with van der Waals surface area (Å²) in [4.78, 5) is 25.0. The fraction of sp³-hybridized carbons (Fsp3) is 0.714. The van der Waals surface area contributed by atoms with Crippen LogP contribution >= 0.6 is 0 Å². The topological polar surface area (TPSA) is 93.5 Å². The molecular formula is C14H21FN2O5. The molecule has 0 bridgehead atoms. The van der Waals surface area contributed by atoms with E-state index in [-0.39, 0.29) is 0 Å². The van der Waals surface area contributed by atoms with Gasteiger partial charge in [0.05, 0.1) is 6.61 Å². The van der Waals surface area contributed by atoms with Gasteiger partial charge in [-0.15, -0.1) is 0 Å². The van der Waals surface area contributed by atoms with E-state index in [1.165, 1.54) is 13.1 Å². The Morgan fingerprint density at radius 3 is 2.86 bits per heavy atom. The molecule has 2 rings (SSSR count). The van der Waals surface area contributed by atoms with Crippen molar-refractivity contribution in [2.45, 2.75) is 50.8 Å². The van der Waals surface area contributed by atoms with Crippen molar-refractivity contribution in [2.75, 3.05) is 13.2 Å². The average molecular weight is 316 g/mol. The number of aliphatic hydroxyl groups is 1. The highest BCUT2D eigenvalue weighted by Crippen LogP contribution is 2.42. The molecule has 1 aromatic rings. The van der Waals surface area contributed by atoms with Crippen molar-refractivity contribution >= 4 is 0 Å². The maximum atomic E-state index is 15.2. The van der Waals surface area contributed by atoms with Crippen LogP contribution in [-0.4, -0.2) is 45.7 Å². The Morgan fingerprint density at radius 2 is 2.27 bits per heavy atom. The van der Waals surface area contributed by atoms with Crippen LogP contribution in [0.4, 0.5) is 4.39 Å². The molecule has 1 fully saturated rings. The van der Waals surface area contributed by atoms with Crippen LogP contribution in [-0.2, 0) is 9.47 Å². The minimum atomic E-state index is -2.02. The molecule has 0 radical (unpaired) electrons. The Bertz CT molecular complexity index is 612. The van der Waals surface area contributed by atoms with Crippen LogP contribution in [0.2, 0.25) is 0 Å². The smallest absolute Gasteiger partial charge is 0.330 e. The fourth-order valence-electron chi connectivity index (χ4n) is 2.59. The van der Waals surface area contributed by atoms with Gasteiger partial charge in [-0.25, -0.2) is 9.18 Å². The molecule has 22 heavy (non-hydrogen) atoms. The summed E-state index contributed by atoms with van der Waals surface area (Å²) in [6, 6.07) is 1.11. The van der Waals surface area contributed by atoms with Gasteiger partial charge in [0.15, 0.2) is 11.9 Å². The second-order valence-corrected chi connectivity index (χ2v) is 5.52. The number of aromatic amines is 1. The zero-order valence-corrected chi connectivity index (χ0v) is 12.6. The summed E-state index contributed by atoms with van der Waals surface area (Å²) in [5.74, 6) is 0. The molecule has 0 saturated carbocycles. The standard InChI is InChI=1S/C14H21FN2O5/c1-3-4-7-21-11-9(8-18)22-12(14(11,2)15)17-6-5-10(19)16-13(17)20/h5-6,9,11-12,18H,3-4,7-8H2,1-2H3,(H,16,19,20)/t9-,11-,12-,14-/m1/s1. The molecule has 0 aliphatic carbocycles. The van der Waals surface area contributed by atoms with Gasteiger partial charge >= 0.3 is 5.69 Å². The van der Waals surface area contributed by atoms with Crippen LogP contribution in [0.5, 0.6) is 0 Å². The van der Waals surface area contributed by atoms with Gasteiger partial charge in [-0.2, -0.15) is 0 Å². The third-order valence-corrected chi connectivity index (χ3v) is 3.76. The van der Waals surface area contributed by atoms with Crippen molar-refractivity contribution in [1.29, 1.82) is 0 Å². The molecule has 2 N–H and O–H groups in total. The largest absolute Gasteiger partial charge is 0.394 e. The number of hydrogen-bond donors (Lipinski definition) is 2. The summed E-state index contributed by atoms with van der Waals surface area (Å²) in [6.07, 6.45) is -0.326. The Kier molecular flexibility index (Phi) is 5.15. The van der Waals surface area contributed by atoms with Gasteiger partial charge in [0, 0.05) is 18.9 Å². The maximum Gasteiger partial charge on any atom is 0.330 e. The highest BCUT2D eigenvalue weighted by Gasteiger charge is 2.56. The monoisotopic (exact) mass is 316 g/mol. The first kappa shape index (κ1) is 16.9. The predicted octanol–water partition coefficient (Wildman–Crippen LogP) is 0.340. The van der Waals surface area contributed by atoms with Crippen LogP contribution in [0.1, 0.15) is 32.9 Å². The van der Waals surface area contributed by atoms with E-state index in [9.17, 15) is 14.7 Å². The average Bonchev–Trinajstić information content (AvgIpc) is 2.71. The second kappa shape index (κ2) is 6.72. The van der Waals surface area contributed by atoms with Gasteiger partial charge in [-0.1, -0.05) is 13.3 Å². The highest BCUT2D eigenvalue weighted by atomic mass is 19.1. The third kappa shape index (κ3) is 3.13. The van der Waals surface area contributed by atoms with Crippen LogP contribution < -0.4 is 11.2 Å². The van der Waals surface area contributed by atoms with Crippen LogP contribution in [0.15, 0.2) is 21.9 Å². The lowest BCUT2D eigenvalue weighted by atomic mass is 9.98. The van der Waals surface area contributed by atoms with E-state index in [0.29, 0.717) is 6.61 Å². The highest BCUT2D eigenvalue weighted by molar-refractivity contribution is 5.02. The lowest BCUT2D eigenvalue weighted by Crippen LogP contribution is -2.45. The summed E-state index contributed by atoms with van der Waals surface area (Å²) < 4.78 is 27.1. The quantitative estimate of drug-likeness (QED) is 0.738. The molecule has 0 spiro atoms. The maximum absolute atomic E-state index is 15.2. The number of rotatable bonds is 6. The number of nitrogens with zero attached hydrogens (tertiary/aromatic N) is 1. The van der Waals surface area contributed by atoms with Crippen LogP contribution in [0.25, 0.3) is 0 Å². The van der Waals surface area contributed by atoms with E-state index in [1.54, 1.807) is 0 Å². The number of aliphatic hydroxyl groups excluding tert-OH is 1. The molecule has 0 amide bonds. The molecule has 0 unspecified atom stereocenters. The van der Waals surface area contributed by atoms with Crippen molar-refractivity contribution in [1.82, 2.24) is 9.55 Å². The number of aromatic nitrogens is 2. The summed E-state index contributed by atoms with van der Waals surface area (Å²) in [5.41, 5.74) is -3.37. The molecule has 124 valence electrons. The second-order valence-electron chi connectivity index (χ2n) is 5.52. The van der Waals surface area contributed by atoms with E-state index in [0.717, 1.165) is 23.5 Å². The van der Waals surface area contributed by atoms with Gasteiger partial charge in [0.25, 0.3) is 5.56 Å². The van der Waals surface area contributed by atoms with Crippen molar-refractivity contribution in [3.8, 4) is 0 Å². The molecule has 1 aliphatic rings. The van der Waals surface area contributed by atoms with Crippen LogP contribution in [0, 0.1) is 0 Å². The lowest BCUT2D eigenvalue weighted by molar-refractivity contribution is -0.0625. The van der Waals surface area contributed by atoms with Gasteiger partial charge < -0.3 is 14.6 Å². The third-order valence-electron chi connectivity index (χ3n) is 3.76.